The van der Waals surface area contributed by atoms with Gasteiger partial charge in [-0.1, -0.05) is 23.7 Å². The first-order valence-corrected chi connectivity index (χ1v) is 7.63. The number of benzene rings is 2. The third kappa shape index (κ3) is 3.49. The molecule has 0 spiro atoms. The van der Waals surface area contributed by atoms with Crippen molar-refractivity contribution in [2.75, 3.05) is 18.0 Å². The Bertz CT molecular complexity index is 592. The van der Waals surface area contributed by atoms with E-state index in [9.17, 15) is 0 Å². The van der Waals surface area contributed by atoms with Crippen molar-refractivity contribution in [1.82, 2.24) is 0 Å². The molecule has 2 N–H and O–H groups in total. The fourth-order valence-electron chi connectivity index (χ4n) is 2.57. The molecule has 1 aliphatic rings. The van der Waals surface area contributed by atoms with Gasteiger partial charge < -0.3 is 15.4 Å². The highest BCUT2D eigenvalue weighted by Gasteiger charge is 2.19. The normalized spacial score (nSPS) is 16.0. The summed E-state index contributed by atoms with van der Waals surface area (Å²) in [5, 5.41) is 0.709. The summed E-state index contributed by atoms with van der Waals surface area (Å²) < 4.78 is 6.01. The molecule has 21 heavy (non-hydrogen) atoms. The molecule has 3 nitrogen and oxygen atoms in total. The van der Waals surface area contributed by atoms with Crippen LogP contribution in [0.15, 0.2) is 48.5 Å². The van der Waals surface area contributed by atoms with Crippen molar-refractivity contribution in [3.8, 4) is 11.5 Å². The second-order valence-corrected chi connectivity index (χ2v) is 5.78. The highest BCUT2D eigenvalue weighted by atomic mass is 35.5. The van der Waals surface area contributed by atoms with Gasteiger partial charge in [0.05, 0.1) is 5.69 Å². The van der Waals surface area contributed by atoms with Crippen molar-refractivity contribution < 1.29 is 4.74 Å². The van der Waals surface area contributed by atoms with E-state index in [4.69, 9.17) is 22.1 Å². The average Bonchev–Trinajstić information content (AvgIpc) is 2.51. The van der Waals surface area contributed by atoms with Gasteiger partial charge in [0.15, 0.2) is 5.75 Å². The Balaban J connectivity index is 1.80. The molecule has 0 unspecified atom stereocenters. The number of hydrogen-bond acceptors (Lipinski definition) is 3. The van der Waals surface area contributed by atoms with Gasteiger partial charge in [0.2, 0.25) is 0 Å². The summed E-state index contributed by atoms with van der Waals surface area (Å²) in [5.74, 6) is 1.66. The van der Waals surface area contributed by atoms with Crippen molar-refractivity contribution in [2.24, 2.45) is 5.73 Å². The molecule has 2 aromatic rings. The van der Waals surface area contributed by atoms with E-state index in [1.807, 2.05) is 42.5 Å². The maximum Gasteiger partial charge on any atom is 0.150 e. The molecule has 0 radical (unpaired) electrons. The predicted octanol–water partition coefficient (Wildman–Crippen LogP) is 4.06. The molecule has 0 amide bonds. The predicted molar refractivity (Wildman–Crippen MR) is 87.4 cm³/mol. The molecule has 3 rings (SSSR count). The van der Waals surface area contributed by atoms with Crippen LogP contribution >= 0.6 is 11.6 Å². The van der Waals surface area contributed by atoms with Crippen LogP contribution in [0.4, 0.5) is 5.69 Å². The SMILES string of the molecule is NC1CCN(c2ccccc2Oc2ccc(Cl)cc2)CC1. The summed E-state index contributed by atoms with van der Waals surface area (Å²) in [5.41, 5.74) is 7.10. The first kappa shape index (κ1) is 14.2. The zero-order valence-electron chi connectivity index (χ0n) is 11.8. The average molecular weight is 303 g/mol. The smallest absolute Gasteiger partial charge is 0.150 e. The number of halogens is 1. The second-order valence-electron chi connectivity index (χ2n) is 5.35. The minimum atomic E-state index is 0.325. The van der Waals surface area contributed by atoms with Gasteiger partial charge in [0.1, 0.15) is 5.75 Å². The lowest BCUT2D eigenvalue weighted by Gasteiger charge is -2.33. The lowest BCUT2D eigenvalue weighted by molar-refractivity contribution is 0.467. The second kappa shape index (κ2) is 6.37. The number of rotatable bonds is 3. The quantitative estimate of drug-likeness (QED) is 0.929. The summed E-state index contributed by atoms with van der Waals surface area (Å²) >= 11 is 5.91. The number of ether oxygens (including phenoxy) is 1. The van der Waals surface area contributed by atoms with Gasteiger partial charge in [-0.05, 0) is 49.2 Å². The van der Waals surface area contributed by atoms with Crippen LogP contribution in [-0.2, 0) is 0 Å². The molecule has 1 saturated heterocycles. The minimum Gasteiger partial charge on any atom is -0.455 e. The Morgan fingerprint density at radius 1 is 1.00 bits per heavy atom. The first-order chi connectivity index (χ1) is 10.2. The molecule has 2 aromatic carbocycles. The van der Waals surface area contributed by atoms with E-state index in [-0.39, 0.29) is 0 Å². The van der Waals surface area contributed by atoms with Crippen molar-refractivity contribution in [3.63, 3.8) is 0 Å². The maximum atomic E-state index is 6.01. The Morgan fingerprint density at radius 2 is 1.67 bits per heavy atom. The standard InChI is InChI=1S/C17H19ClN2O/c18-13-5-7-15(8-6-13)21-17-4-2-1-3-16(17)20-11-9-14(19)10-12-20/h1-8,14H,9-12,19H2. The van der Waals surface area contributed by atoms with Gasteiger partial charge in [0.25, 0.3) is 0 Å². The maximum absolute atomic E-state index is 6.01. The number of piperidine rings is 1. The molecular weight excluding hydrogens is 284 g/mol. The lowest BCUT2D eigenvalue weighted by Crippen LogP contribution is -2.39. The Labute approximate surface area is 130 Å². The van der Waals surface area contributed by atoms with Crippen molar-refractivity contribution >= 4 is 17.3 Å². The minimum absolute atomic E-state index is 0.325. The fourth-order valence-corrected chi connectivity index (χ4v) is 2.70. The van der Waals surface area contributed by atoms with E-state index in [2.05, 4.69) is 11.0 Å². The lowest BCUT2D eigenvalue weighted by atomic mass is 10.1. The molecule has 1 aliphatic heterocycles. The first-order valence-electron chi connectivity index (χ1n) is 7.25. The van der Waals surface area contributed by atoms with E-state index in [0.717, 1.165) is 43.1 Å². The van der Waals surface area contributed by atoms with Crippen LogP contribution in [-0.4, -0.2) is 19.1 Å². The Morgan fingerprint density at radius 3 is 2.38 bits per heavy atom. The van der Waals surface area contributed by atoms with E-state index < -0.39 is 0 Å². The van der Waals surface area contributed by atoms with Gasteiger partial charge in [-0.25, -0.2) is 0 Å². The third-order valence-corrected chi connectivity index (χ3v) is 4.04. The van der Waals surface area contributed by atoms with E-state index >= 15 is 0 Å². The van der Waals surface area contributed by atoms with Gasteiger partial charge in [-0.3, -0.25) is 0 Å². The van der Waals surface area contributed by atoms with Gasteiger partial charge in [0, 0.05) is 24.2 Å². The van der Waals surface area contributed by atoms with Crippen LogP contribution in [0.1, 0.15) is 12.8 Å². The third-order valence-electron chi connectivity index (χ3n) is 3.79. The summed E-state index contributed by atoms with van der Waals surface area (Å²) in [6.07, 6.45) is 2.05. The van der Waals surface area contributed by atoms with Crippen LogP contribution in [0.25, 0.3) is 0 Å². The van der Waals surface area contributed by atoms with Crippen molar-refractivity contribution in [3.05, 3.63) is 53.6 Å². The number of nitrogens with zero attached hydrogens (tertiary/aromatic N) is 1. The zero-order chi connectivity index (χ0) is 14.7. The molecule has 110 valence electrons. The van der Waals surface area contributed by atoms with Crippen LogP contribution in [0, 0.1) is 0 Å². The summed E-state index contributed by atoms with van der Waals surface area (Å²) in [7, 11) is 0. The van der Waals surface area contributed by atoms with Gasteiger partial charge in [-0.15, -0.1) is 0 Å². The zero-order valence-corrected chi connectivity index (χ0v) is 12.6. The van der Waals surface area contributed by atoms with Gasteiger partial charge in [-0.2, -0.15) is 0 Å². The molecule has 0 bridgehead atoms. The Kier molecular flexibility index (Phi) is 4.32. The van der Waals surface area contributed by atoms with Gasteiger partial charge >= 0.3 is 0 Å². The highest BCUT2D eigenvalue weighted by Crippen LogP contribution is 2.33. The van der Waals surface area contributed by atoms with Crippen molar-refractivity contribution in [2.45, 2.75) is 18.9 Å². The fraction of sp³-hybridized carbons (Fsp3) is 0.294. The van der Waals surface area contributed by atoms with E-state index in [1.165, 1.54) is 0 Å². The number of hydrogen-bond donors (Lipinski definition) is 1. The topological polar surface area (TPSA) is 38.5 Å². The van der Waals surface area contributed by atoms with Crippen LogP contribution < -0.4 is 15.4 Å². The summed E-state index contributed by atoms with van der Waals surface area (Å²) in [4.78, 5) is 2.34. The van der Waals surface area contributed by atoms with Crippen LogP contribution in [0.5, 0.6) is 11.5 Å². The summed E-state index contributed by atoms with van der Waals surface area (Å²) in [6.45, 7) is 1.95. The molecule has 0 saturated carbocycles. The Hall–Kier alpha value is -1.71. The molecular formula is C17H19ClN2O. The van der Waals surface area contributed by atoms with Crippen LogP contribution in [0.2, 0.25) is 5.02 Å². The monoisotopic (exact) mass is 302 g/mol. The van der Waals surface area contributed by atoms with Crippen LogP contribution in [0.3, 0.4) is 0 Å². The highest BCUT2D eigenvalue weighted by molar-refractivity contribution is 6.30. The number of anilines is 1. The molecule has 0 aliphatic carbocycles. The largest absolute Gasteiger partial charge is 0.455 e. The molecule has 1 fully saturated rings. The summed E-state index contributed by atoms with van der Waals surface area (Å²) in [6, 6.07) is 15.9. The molecule has 0 aromatic heterocycles. The van der Waals surface area contributed by atoms with E-state index in [0.29, 0.717) is 11.1 Å². The molecule has 1 heterocycles. The number of para-hydroxylation sites is 2. The van der Waals surface area contributed by atoms with Crippen molar-refractivity contribution in [1.29, 1.82) is 0 Å². The van der Waals surface area contributed by atoms with E-state index in [1.54, 1.807) is 0 Å². The molecule has 0 atom stereocenters. The number of nitrogens with two attached hydrogens (primary N) is 1. The molecule has 4 heteroatoms.